The first kappa shape index (κ1) is 16.6. The molecule has 0 fully saturated rings. The van der Waals surface area contributed by atoms with Crippen LogP contribution in [0.4, 0.5) is 4.79 Å². The zero-order chi connectivity index (χ0) is 16.2. The van der Waals surface area contributed by atoms with E-state index in [4.69, 9.17) is 9.84 Å². The zero-order valence-corrected chi connectivity index (χ0v) is 13.6. The standard InChI is InChI=1S/C17H26N2O3/c1-17(2,3)15(8-9-20)19-16(21)18-13-10-12-6-4-5-7-14(12)22-11-13/h4-7,13,15,20H,8-11H2,1-3H3,(H2,18,19,21)/t13-,15-/m0/s1. The number of nitrogens with one attached hydrogen (secondary N) is 2. The van der Waals surface area contributed by atoms with Gasteiger partial charge in [-0.05, 0) is 29.9 Å². The van der Waals surface area contributed by atoms with Crippen LogP contribution in [0.2, 0.25) is 0 Å². The molecule has 0 saturated heterocycles. The Morgan fingerprint density at radius 1 is 1.41 bits per heavy atom. The predicted octanol–water partition coefficient (Wildman–Crippen LogP) is 2.09. The minimum absolute atomic E-state index is 0.0374. The van der Waals surface area contributed by atoms with Crippen molar-refractivity contribution in [3.8, 4) is 5.75 Å². The largest absolute Gasteiger partial charge is 0.491 e. The Kier molecular flexibility index (Phi) is 5.29. The summed E-state index contributed by atoms with van der Waals surface area (Å²) in [6.07, 6.45) is 1.31. The number of amides is 2. The third-order valence-electron chi connectivity index (χ3n) is 3.98. The second kappa shape index (κ2) is 7.01. The van der Waals surface area contributed by atoms with E-state index in [1.807, 2.05) is 45.0 Å². The zero-order valence-electron chi connectivity index (χ0n) is 13.6. The lowest BCUT2D eigenvalue weighted by Crippen LogP contribution is -2.53. The van der Waals surface area contributed by atoms with Gasteiger partial charge in [-0.3, -0.25) is 0 Å². The quantitative estimate of drug-likeness (QED) is 0.797. The molecule has 0 bridgehead atoms. The Balaban J connectivity index is 1.90. The summed E-state index contributed by atoms with van der Waals surface area (Å²) in [5.41, 5.74) is 1.01. The van der Waals surface area contributed by atoms with E-state index in [9.17, 15) is 4.79 Å². The molecule has 2 amide bonds. The molecule has 2 atom stereocenters. The van der Waals surface area contributed by atoms with Crippen LogP contribution in [0.3, 0.4) is 0 Å². The van der Waals surface area contributed by atoms with Gasteiger partial charge in [0.2, 0.25) is 0 Å². The predicted molar refractivity (Wildman–Crippen MR) is 86.0 cm³/mol. The first-order valence-electron chi connectivity index (χ1n) is 7.78. The highest BCUT2D eigenvalue weighted by molar-refractivity contribution is 5.74. The molecule has 2 rings (SSSR count). The molecule has 0 unspecified atom stereocenters. The minimum Gasteiger partial charge on any atom is -0.491 e. The number of rotatable bonds is 4. The van der Waals surface area contributed by atoms with Gasteiger partial charge in [0.1, 0.15) is 12.4 Å². The number of carbonyl (C=O) groups excluding carboxylic acids is 1. The van der Waals surface area contributed by atoms with Gasteiger partial charge in [-0.1, -0.05) is 39.0 Å². The van der Waals surface area contributed by atoms with E-state index in [1.165, 1.54) is 0 Å². The number of ether oxygens (including phenoxy) is 1. The van der Waals surface area contributed by atoms with Gasteiger partial charge in [0, 0.05) is 12.6 Å². The van der Waals surface area contributed by atoms with Crippen molar-refractivity contribution in [3.05, 3.63) is 29.8 Å². The first-order chi connectivity index (χ1) is 10.4. The van der Waals surface area contributed by atoms with Crippen LogP contribution in [0.1, 0.15) is 32.8 Å². The summed E-state index contributed by atoms with van der Waals surface area (Å²) >= 11 is 0. The SMILES string of the molecule is CC(C)(C)[C@H](CCO)NC(=O)N[C@@H]1COc2ccccc2C1. The van der Waals surface area contributed by atoms with Crippen LogP contribution in [-0.2, 0) is 6.42 Å². The Hall–Kier alpha value is -1.75. The van der Waals surface area contributed by atoms with E-state index in [-0.39, 0.29) is 30.1 Å². The molecule has 5 heteroatoms. The highest BCUT2D eigenvalue weighted by atomic mass is 16.5. The fourth-order valence-electron chi connectivity index (χ4n) is 2.66. The van der Waals surface area contributed by atoms with Gasteiger partial charge in [-0.2, -0.15) is 0 Å². The van der Waals surface area contributed by atoms with Gasteiger partial charge >= 0.3 is 6.03 Å². The van der Waals surface area contributed by atoms with Crippen LogP contribution in [0.5, 0.6) is 5.75 Å². The fraction of sp³-hybridized carbons (Fsp3) is 0.588. The third kappa shape index (κ3) is 4.37. The van der Waals surface area contributed by atoms with Gasteiger partial charge < -0.3 is 20.5 Å². The van der Waals surface area contributed by atoms with Crippen molar-refractivity contribution in [2.45, 2.75) is 45.7 Å². The third-order valence-corrected chi connectivity index (χ3v) is 3.98. The average molecular weight is 306 g/mol. The molecule has 1 aromatic rings. The number of aliphatic hydroxyl groups is 1. The molecule has 0 aliphatic carbocycles. The number of para-hydroxylation sites is 1. The lowest BCUT2D eigenvalue weighted by atomic mass is 9.85. The molecule has 0 spiro atoms. The molecule has 0 aromatic heterocycles. The molecule has 122 valence electrons. The van der Waals surface area contributed by atoms with Crippen molar-refractivity contribution in [3.63, 3.8) is 0 Å². The molecule has 1 aromatic carbocycles. The fourth-order valence-corrected chi connectivity index (χ4v) is 2.66. The van der Waals surface area contributed by atoms with Crippen LogP contribution in [-0.4, -0.2) is 36.4 Å². The molecule has 0 saturated carbocycles. The molecule has 3 N–H and O–H groups in total. The maximum absolute atomic E-state index is 12.2. The number of urea groups is 1. The van der Waals surface area contributed by atoms with Crippen molar-refractivity contribution in [2.24, 2.45) is 5.41 Å². The highest BCUT2D eigenvalue weighted by Gasteiger charge is 2.27. The van der Waals surface area contributed by atoms with Gasteiger partial charge in [0.25, 0.3) is 0 Å². The van der Waals surface area contributed by atoms with E-state index in [2.05, 4.69) is 10.6 Å². The summed E-state index contributed by atoms with van der Waals surface area (Å²) in [4.78, 5) is 12.2. The number of fused-ring (bicyclic) bond motifs is 1. The molecule has 0 radical (unpaired) electrons. The maximum atomic E-state index is 12.2. The lowest BCUT2D eigenvalue weighted by Gasteiger charge is -2.32. The minimum atomic E-state index is -0.207. The van der Waals surface area contributed by atoms with Gasteiger partial charge in [-0.15, -0.1) is 0 Å². The lowest BCUT2D eigenvalue weighted by molar-refractivity contribution is 0.181. The summed E-state index contributed by atoms with van der Waals surface area (Å²) in [5.74, 6) is 0.897. The topological polar surface area (TPSA) is 70.6 Å². The number of hydrogen-bond acceptors (Lipinski definition) is 3. The normalized spacial score (nSPS) is 18.8. The summed E-state index contributed by atoms with van der Waals surface area (Å²) in [5, 5.41) is 15.1. The van der Waals surface area contributed by atoms with E-state index < -0.39 is 0 Å². The van der Waals surface area contributed by atoms with Crippen molar-refractivity contribution in [1.82, 2.24) is 10.6 Å². The number of benzene rings is 1. The molecule has 1 aliphatic rings. The smallest absolute Gasteiger partial charge is 0.315 e. The maximum Gasteiger partial charge on any atom is 0.315 e. The van der Waals surface area contributed by atoms with Crippen molar-refractivity contribution in [2.75, 3.05) is 13.2 Å². The Morgan fingerprint density at radius 2 is 2.14 bits per heavy atom. The van der Waals surface area contributed by atoms with Crippen LogP contribution in [0, 0.1) is 5.41 Å². The Bertz CT molecular complexity index is 511. The van der Waals surface area contributed by atoms with Gasteiger partial charge in [-0.25, -0.2) is 4.79 Å². The second-order valence-corrected chi connectivity index (χ2v) is 6.87. The Labute approximate surface area is 132 Å². The van der Waals surface area contributed by atoms with E-state index in [0.717, 1.165) is 17.7 Å². The number of hydrogen-bond donors (Lipinski definition) is 3. The van der Waals surface area contributed by atoms with E-state index in [0.29, 0.717) is 13.0 Å². The highest BCUT2D eigenvalue weighted by Crippen LogP contribution is 2.24. The van der Waals surface area contributed by atoms with Crippen LogP contribution < -0.4 is 15.4 Å². The average Bonchev–Trinajstić information content (AvgIpc) is 2.45. The second-order valence-electron chi connectivity index (χ2n) is 6.87. The molecular weight excluding hydrogens is 280 g/mol. The number of aliphatic hydroxyl groups excluding tert-OH is 1. The molecule has 1 aliphatic heterocycles. The van der Waals surface area contributed by atoms with Crippen LogP contribution >= 0.6 is 0 Å². The van der Waals surface area contributed by atoms with Gasteiger partial charge in [0.05, 0.1) is 6.04 Å². The van der Waals surface area contributed by atoms with Gasteiger partial charge in [0.15, 0.2) is 0 Å². The summed E-state index contributed by atoms with van der Waals surface area (Å²) in [6, 6.07) is 7.57. The van der Waals surface area contributed by atoms with Crippen LogP contribution in [0.25, 0.3) is 0 Å². The Morgan fingerprint density at radius 3 is 2.82 bits per heavy atom. The first-order valence-corrected chi connectivity index (χ1v) is 7.78. The van der Waals surface area contributed by atoms with Crippen LogP contribution in [0.15, 0.2) is 24.3 Å². The van der Waals surface area contributed by atoms with Crippen molar-refractivity contribution < 1.29 is 14.6 Å². The molecule has 1 heterocycles. The molecular formula is C17H26N2O3. The van der Waals surface area contributed by atoms with E-state index in [1.54, 1.807) is 0 Å². The summed E-state index contributed by atoms with van der Waals surface area (Å²) < 4.78 is 5.67. The summed E-state index contributed by atoms with van der Waals surface area (Å²) in [7, 11) is 0. The monoisotopic (exact) mass is 306 g/mol. The van der Waals surface area contributed by atoms with Crippen molar-refractivity contribution >= 4 is 6.03 Å². The number of carbonyl (C=O) groups is 1. The van der Waals surface area contributed by atoms with E-state index >= 15 is 0 Å². The van der Waals surface area contributed by atoms with Crippen molar-refractivity contribution in [1.29, 1.82) is 0 Å². The summed E-state index contributed by atoms with van der Waals surface area (Å²) in [6.45, 7) is 6.68. The molecule has 22 heavy (non-hydrogen) atoms. The molecule has 5 nitrogen and oxygen atoms in total.